The third kappa shape index (κ3) is 8.48. The third-order valence-electron chi connectivity index (χ3n) is 9.23. The van der Waals surface area contributed by atoms with E-state index in [2.05, 4.69) is 98.7 Å². The molecule has 0 saturated carbocycles. The van der Waals surface area contributed by atoms with Gasteiger partial charge in [0, 0.05) is 95.2 Å². The number of aryl methyl sites for hydroxylation is 1. The van der Waals surface area contributed by atoms with Gasteiger partial charge in [0.05, 0.1) is 28.5 Å². The topological polar surface area (TPSA) is 98.7 Å². The summed E-state index contributed by atoms with van der Waals surface area (Å²) in [4.78, 5) is 21.6. The summed E-state index contributed by atoms with van der Waals surface area (Å²) in [6.07, 6.45) is 4.02. The van der Waals surface area contributed by atoms with Crippen LogP contribution in [0.2, 0.25) is 0 Å². The summed E-state index contributed by atoms with van der Waals surface area (Å²) in [5.41, 5.74) is 5.17. The molecule has 4 heterocycles. The first kappa shape index (κ1) is 36.2. The minimum absolute atomic E-state index is 0.424. The van der Waals surface area contributed by atoms with Crippen molar-refractivity contribution in [1.29, 1.82) is 0 Å². The van der Waals surface area contributed by atoms with Crippen molar-refractivity contribution in [1.82, 2.24) is 24.8 Å². The fraction of sp³-hybridized carbons (Fsp3) is 0.400. The third-order valence-corrected chi connectivity index (χ3v) is 12.2. The Labute approximate surface area is 313 Å². The van der Waals surface area contributed by atoms with Crippen LogP contribution in [0.25, 0.3) is 10.9 Å². The number of pyridine rings is 1. The van der Waals surface area contributed by atoms with E-state index in [4.69, 9.17) is 14.7 Å². The number of ether oxygens (including phenoxy) is 1. The number of piperazine rings is 1. The number of fused-ring (bicyclic) bond motifs is 1. The average Bonchev–Trinajstić information content (AvgIpc) is 3.09. The second kappa shape index (κ2) is 15.7. The van der Waals surface area contributed by atoms with Gasteiger partial charge in [-0.3, -0.25) is 4.90 Å². The number of hydrogen-bond acceptors (Lipinski definition) is 11. The van der Waals surface area contributed by atoms with Gasteiger partial charge in [0.2, 0.25) is 5.95 Å². The van der Waals surface area contributed by atoms with Gasteiger partial charge in [0.25, 0.3) is 0 Å². The summed E-state index contributed by atoms with van der Waals surface area (Å²) >= 11 is 5.75. The number of anilines is 5. The Morgan fingerprint density at radius 2 is 1.78 bits per heavy atom. The summed E-state index contributed by atoms with van der Waals surface area (Å²) in [5.74, 6) is 4.83. The number of likely N-dealkylation sites (N-methyl/N-ethyl adjacent to an activating group) is 1. The summed E-state index contributed by atoms with van der Waals surface area (Å²) in [6, 6.07) is 12.5. The summed E-state index contributed by atoms with van der Waals surface area (Å²) < 4.78 is 20.2. The molecule has 0 bridgehead atoms. The van der Waals surface area contributed by atoms with Gasteiger partial charge in [-0.1, -0.05) is 0 Å². The predicted molar refractivity (Wildman–Crippen MR) is 218 cm³/mol. The lowest BCUT2D eigenvalue weighted by atomic mass is 10.0. The lowest BCUT2D eigenvalue weighted by molar-refractivity contribution is 0.0981. The molecule has 0 radical (unpaired) electrons. The van der Waals surface area contributed by atoms with Crippen LogP contribution in [0.5, 0.6) is 5.75 Å². The predicted octanol–water partition coefficient (Wildman–Crippen LogP) is 7.45. The highest BCUT2D eigenvalue weighted by Gasteiger charge is 2.28. The number of nitrogens with one attached hydrogen (secondary N) is 2. The maximum Gasteiger partial charge on any atom is 0.229 e. The van der Waals surface area contributed by atoms with Crippen molar-refractivity contribution in [3.63, 3.8) is 0 Å². The van der Waals surface area contributed by atoms with Crippen LogP contribution in [-0.2, 0) is 4.57 Å². The molecule has 49 heavy (non-hydrogen) atoms. The molecule has 14 heteroatoms. The van der Waals surface area contributed by atoms with E-state index >= 15 is 0 Å². The molecule has 0 aliphatic carbocycles. The first-order valence-electron chi connectivity index (χ1n) is 16.2. The summed E-state index contributed by atoms with van der Waals surface area (Å²) in [5, 5.41) is 11.3. The lowest BCUT2D eigenvalue weighted by Gasteiger charge is -2.42. The number of nitrogens with zero attached hydrogens (tertiary/aromatic N) is 6. The molecule has 4 aromatic rings. The van der Waals surface area contributed by atoms with Crippen molar-refractivity contribution in [2.45, 2.75) is 25.8 Å². The van der Waals surface area contributed by atoms with Gasteiger partial charge < -0.3 is 29.7 Å². The lowest BCUT2D eigenvalue weighted by Crippen LogP contribution is -2.52. The zero-order valence-corrected chi connectivity index (χ0v) is 33.8. The quantitative estimate of drug-likeness (QED) is 0.105. The standard InChI is InChI=1S/C35H41BrIN8O2PS/c1-23-20-31(45-13-10-25(11-14-45)44-17-15-43(2)16-18-44)32(47-3)21-30(23)41-35-38-22-27(36)34(42-35)40-29-9-8-28-26(33(29)48(4,5)46)7-6-24(39-28)12-19-49-37/h6-9,20-22,25H,10-11,13-18H2,1-5H3,(H2,38,40,41,42). The molecule has 2 aliphatic rings. The van der Waals surface area contributed by atoms with Crippen LogP contribution in [0.1, 0.15) is 24.1 Å². The fourth-order valence-electron chi connectivity index (χ4n) is 6.65. The highest BCUT2D eigenvalue weighted by atomic mass is 127. The van der Waals surface area contributed by atoms with Crippen molar-refractivity contribution < 1.29 is 9.30 Å². The molecule has 2 aromatic heterocycles. The maximum absolute atomic E-state index is 13.7. The summed E-state index contributed by atoms with van der Waals surface area (Å²) in [7, 11) is 2.60. The van der Waals surface area contributed by atoms with Crippen molar-refractivity contribution in [2.24, 2.45) is 0 Å². The number of rotatable bonds is 8. The molecule has 258 valence electrons. The Kier molecular flexibility index (Phi) is 11.6. The van der Waals surface area contributed by atoms with Crippen LogP contribution < -0.4 is 25.6 Å². The zero-order valence-electron chi connectivity index (χ0n) is 28.4. The Bertz CT molecular complexity index is 1950. The minimum Gasteiger partial charge on any atom is -0.495 e. The van der Waals surface area contributed by atoms with Gasteiger partial charge in [-0.05, 0) is 112 Å². The molecule has 0 atom stereocenters. The van der Waals surface area contributed by atoms with Gasteiger partial charge >= 0.3 is 0 Å². The van der Waals surface area contributed by atoms with E-state index in [0.717, 1.165) is 85.7 Å². The zero-order chi connectivity index (χ0) is 34.7. The van der Waals surface area contributed by atoms with E-state index in [9.17, 15) is 4.57 Å². The van der Waals surface area contributed by atoms with Crippen LogP contribution in [0, 0.1) is 18.1 Å². The van der Waals surface area contributed by atoms with E-state index in [1.807, 2.05) is 30.3 Å². The van der Waals surface area contributed by atoms with Crippen LogP contribution in [-0.4, -0.2) is 97.5 Å². The van der Waals surface area contributed by atoms with E-state index in [1.54, 1.807) is 26.6 Å². The Balaban J connectivity index is 1.21. The highest BCUT2D eigenvalue weighted by Crippen LogP contribution is 2.42. The van der Waals surface area contributed by atoms with Crippen molar-refractivity contribution in [2.75, 3.05) is 82.3 Å². The van der Waals surface area contributed by atoms with E-state index in [1.165, 1.54) is 8.93 Å². The van der Waals surface area contributed by atoms with Crippen molar-refractivity contribution >= 4 is 98.2 Å². The Morgan fingerprint density at radius 3 is 2.47 bits per heavy atom. The molecule has 2 fully saturated rings. The maximum atomic E-state index is 13.7. The van der Waals surface area contributed by atoms with Gasteiger partial charge in [0.15, 0.2) is 0 Å². The number of benzene rings is 2. The molecule has 6 rings (SSSR count). The minimum atomic E-state index is -2.74. The number of aromatic nitrogens is 3. The number of piperidine rings is 1. The molecule has 2 saturated heterocycles. The average molecular weight is 876 g/mol. The SMILES string of the molecule is COc1cc(Nc2ncc(Br)c(Nc3ccc4nc(C#CSI)ccc4c3P(C)(C)=O)n2)c(C)cc1N1CCC(N2CCN(C)CC2)CC1. The highest BCUT2D eigenvalue weighted by molar-refractivity contribution is 14.2. The van der Waals surface area contributed by atoms with Crippen molar-refractivity contribution in [3.05, 3.63) is 58.3 Å². The van der Waals surface area contributed by atoms with Crippen LogP contribution in [0.15, 0.2) is 47.1 Å². The molecule has 0 spiro atoms. The molecule has 0 amide bonds. The van der Waals surface area contributed by atoms with Crippen LogP contribution >= 0.6 is 53.2 Å². The normalized spacial score (nSPS) is 16.3. The van der Waals surface area contributed by atoms with E-state index in [0.29, 0.717) is 39.0 Å². The first-order valence-corrected chi connectivity index (χ1v) is 23.0. The molecular weight excluding hydrogens is 834 g/mol. The van der Waals surface area contributed by atoms with Gasteiger partial charge in [0.1, 0.15) is 24.4 Å². The Hall–Kier alpha value is -2.60. The molecule has 2 N–H and O–H groups in total. The first-order chi connectivity index (χ1) is 23.5. The molecule has 0 unspecified atom stereocenters. The Morgan fingerprint density at radius 1 is 1.02 bits per heavy atom. The molecular formula is C35H41BrIN8O2PS. The van der Waals surface area contributed by atoms with Gasteiger partial charge in [-0.15, -0.1) is 0 Å². The second-order valence-electron chi connectivity index (χ2n) is 12.9. The van der Waals surface area contributed by atoms with E-state index < -0.39 is 7.14 Å². The van der Waals surface area contributed by atoms with Gasteiger partial charge in [-0.25, -0.2) is 9.97 Å². The number of hydrogen-bond donors (Lipinski definition) is 2. The smallest absolute Gasteiger partial charge is 0.229 e. The monoisotopic (exact) mass is 874 g/mol. The van der Waals surface area contributed by atoms with Crippen molar-refractivity contribution in [3.8, 4) is 16.9 Å². The molecule has 2 aliphatic heterocycles. The van der Waals surface area contributed by atoms with Crippen LogP contribution in [0.4, 0.5) is 28.8 Å². The largest absolute Gasteiger partial charge is 0.495 e. The number of halogens is 2. The molecule has 2 aromatic carbocycles. The second-order valence-corrected chi connectivity index (χ2v) is 18.6. The van der Waals surface area contributed by atoms with Crippen LogP contribution in [0.3, 0.4) is 0 Å². The van der Waals surface area contributed by atoms with E-state index in [-0.39, 0.29) is 0 Å². The summed E-state index contributed by atoms with van der Waals surface area (Å²) in [6.45, 7) is 12.3. The number of methoxy groups -OCH3 is 1. The van der Waals surface area contributed by atoms with Gasteiger partial charge in [-0.2, -0.15) is 4.98 Å². The fourth-order valence-corrected chi connectivity index (χ4v) is 8.89. The molecule has 10 nitrogen and oxygen atoms in total.